The predicted octanol–water partition coefficient (Wildman–Crippen LogP) is 7.18. The Morgan fingerprint density at radius 2 is 1.13 bits per heavy atom. The summed E-state index contributed by atoms with van der Waals surface area (Å²) in [6.07, 6.45) is 1.95. The topological polar surface area (TPSA) is 43.9 Å². The number of carbonyl (C=O) groups excluding carboxylic acids is 2. The number of rotatable bonds is 15. The van der Waals surface area contributed by atoms with E-state index in [-0.39, 0.29) is 18.4 Å². The number of carbonyl (C=O) groups is 2. The summed E-state index contributed by atoms with van der Waals surface area (Å²) < 4.78 is 0. The first-order valence-corrected chi connectivity index (χ1v) is 16.5. The first kappa shape index (κ1) is 28.7. The zero-order valence-electron chi connectivity index (χ0n) is 22.0. The second kappa shape index (κ2) is 14.7. The van der Waals surface area contributed by atoms with E-state index in [1.165, 1.54) is 0 Å². The lowest BCUT2D eigenvalue weighted by Crippen LogP contribution is -2.50. The van der Waals surface area contributed by atoms with Gasteiger partial charge in [-0.25, -0.2) is 0 Å². The Morgan fingerprint density at radius 1 is 0.711 bits per heavy atom. The average molecular weight is 586 g/mol. The second-order valence-electron chi connectivity index (χ2n) is 9.26. The molecule has 1 unspecified atom stereocenters. The molecule has 0 fully saturated rings. The molecule has 4 aromatic heterocycles. The molecule has 0 saturated heterocycles. The Labute approximate surface area is 242 Å². The summed E-state index contributed by atoms with van der Waals surface area (Å²) in [5.41, 5.74) is 0. The highest BCUT2D eigenvalue weighted by atomic mass is 32.1. The molecule has 2 amide bonds. The Morgan fingerprint density at radius 3 is 1.50 bits per heavy atom. The molecule has 0 aliphatic carbocycles. The number of amides is 2. The Bertz CT molecular complexity index is 1130. The fourth-order valence-corrected chi connectivity index (χ4v) is 7.15. The van der Waals surface area contributed by atoms with Crippen LogP contribution in [0, 0.1) is 0 Å². The van der Waals surface area contributed by atoms with Crippen LogP contribution in [0.2, 0.25) is 0 Å². The van der Waals surface area contributed by atoms with E-state index in [2.05, 4.69) is 46.8 Å². The van der Waals surface area contributed by atoms with Gasteiger partial charge in [-0.05, 0) is 65.7 Å². The summed E-state index contributed by atoms with van der Waals surface area (Å²) in [4.78, 5) is 38.3. The third-order valence-corrected chi connectivity index (χ3v) is 9.86. The van der Waals surface area contributed by atoms with Gasteiger partial charge in [-0.1, -0.05) is 37.6 Å². The van der Waals surface area contributed by atoms with Crippen molar-refractivity contribution < 1.29 is 9.59 Å². The zero-order chi connectivity index (χ0) is 26.7. The van der Waals surface area contributed by atoms with Crippen LogP contribution in [0.1, 0.15) is 46.2 Å². The molecule has 0 N–H and O–H groups in total. The van der Waals surface area contributed by atoms with Crippen molar-refractivity contribution in [1.29, 1.82) is 0 Å². The lowest BCUT2D eigenvalue weighted by molar-refractivity contribution is -0.140. The highest BCUT2D eigenvalue weighted by molar-refractivity contribution is 7.10. The monoisotopic (exact) mass is 585 g/mol. The van der Waals surface area contributed by atoms with Crippen molar-refractivity contribution in [3.63, 3.8) is 0 Å². The smallest absolute Gasteiger partial charge is 0.240 e. The number of hydrogen-bond donors (Lipinski definition) is 0. The molecule has 0 aliphatic rings. The third-order valence-electron chi connectivity index (χ3n) is 6.41. The van der Waals surface area contributed by atoms with Crippen LogP contribution in [-0.2, 0) is 35.8 Å². The molecule has 0 saturated carbocycles. The Balaban J connectivity index is 1.50. The molecule has 0 spiro atoms. The molecule has 4 aromatic rings. The van der Waals surface area contributed by atoms with Crippen molar-refractivity contribution in [2.24, 2.45) is 0 Å². The van der Waals surface area contributed by atoms with Crippen molar-refractivity contribution in [3.8, 4) is 0 Å². The Kier molecular flexibility index (Phi) is 11.1. The molecule has 0 aliphatic heterocycles. The minimum absolute atomic E-state index is 0.0608. The van der Waals surface area contributed by atoms with Gasteiger partial charge in [0.2, 0.25) is 11.8 Å². The van der Waals surface area contributed by atoms with E-state index in [1.807, 2.05) is 51.7 Å². The van der Waals surface area contributed by atoms with E-state index in [0.29, 0.717) is 32.7 Å². The van der Waals surface area contributed by atoms with Gasteiger partial charge in [0, 0.05) is 19.5 Å². The van der Waals surface area contributed by atoms with Gasteiger partial charge in [0.1, 0.15) is 0 Å². The van der Waals surface area contributed by atoms with E-state index >= 15 is 0 Å². The van der Waals surface area contributed by atoms with Crippen LogP contribution in [-0.4, -0.2) is 45.6 Å². The van der Waals surface area contributed by atoms with Gasteiger partial charge in [-0.2, -0.15) is 0 Å². The SMILES string of the molecule is CCCCN(CC(=O)N(Cc1cccs1)Cc1cccs1)C(C)C(=O)N(Cc1cccs1)Cc1cccs1. The van der Waals surface area contributed by atoms with Crippen LogP contribution in [0.25, 0.3) is 0 Å². The molecule has 5 nitrogen and oxygen atoms in total. The van der Waals surface area contributed by atoms with Crippen LogP contribution in [0.15, 0.2) is 70.1 Å². The van der Waals surface area contributed by atoms with E-state index < -0.39 is 6.04 Å². The third kappa shape index (κ3) is 8.35. The highest BCUT2D eigenvalue weighted by Crippen LogP contribution is 2.21. The van der Waals surface area contributed by atoms with E-state index in [0.717, 1.165) is 32.4 Å². The molecule has 0 aromatic carbocycles. The fourth-order valence-electron chi connectivity index (χ4n) is 4.27. The largest absolute Gasteiger partial charge is 0.331 e. The van der Waals surface area contributed by atoms with Gasteiger partial charge in [-0.3, -0.25) is 14.5 Å². The number of nitrogens with zero attached hydrogens (tertiary/aromatic N) is 3. The van der Waals surface area contributed by atoms with Gasteiger partial charge in [-0.15, -0.1) is 45.3 Å². The summed E-state index contributed by atoms with van der Waals surface area (Å²) in [7, 11) is 0. The van der Waals surface area contributed by atoms with Gasteiger partial charge >= 0.3 is 0 Å². The summed E-state index contributed by atoms with van der Waals surface area (Å²) in [6.45, 7) is 7.38. The van der Waals surface area contributed by atoms with Crippen LogP contribution in [0.5, 0.6) is 0 Å². The Hall–Kier alpha value is -2.30. The highest BCUT2D eigenvalue weighted by Gasteiger charge is 2.29. The summed E-state index contributed by atoms with van der Waals surface area (Å²) in [6, 6.07) is 16.0. The molecular formula is C29H35N3O2S4. The van der Waals surface area contributed by atoms with Crippen molar-refractivity contribution in [2.45, 2.75) is 58.9 Å². The number of hydrogen-bond acceptors (Lipinski definition) is 7. The number of thiophene rings is 4. The maximum absolute atomic E-state index is 13.9. The molecule has 202 valence electrons. The van der Waals surface area contributed by atoms with Crippen LogP contribution in [0.4, 0.5) is 0 Å². The molecule has 4 rings (SSSR count). The molecular weight excluding hydrogens is 551 g/mol. The lowest BCUT2D eigenvalue weighted by Gasteiger charge is -2.33. The van der Waals surface area contributed by atoms with E-state index in [1.54, 1.807) is 45.3 Å². The second-order valence-corrected chi connectivity index (χ2v) is 13.4. The molecule has 9 heteroatoms. The minimum atomic E-state index is -0.393. The first-order chi connectivity index (χ1) is 18.5. The summed E-state index contributed by atoms with van der Waals surface area (Å²) in [5, 5.41) is 8.20. The van der Waals surface area contributed by atoms with Crippen molar-refractivity contribution in [3.05, 3.63) is 89.6 Å². The molecule has 1 atom stereocenters. The maximum Gasteiger partial charge on any atom is 0.240 e. The molecule has 0 bridgehead atoms. The van der Waals surface area contributed by atoms with Crippen LogP contribution in [0.3, 0.4) is 0 Å². The standard InChI is InChI=1S/C29H35N3O2S4/c1-3-4-13-30(22-28(33)31(18-24-9-5-14-35-24)19-25-10-6-15-36-25)23(2)29(34)32(20-26-11-7-16-37-26)21-27-12-8-17-38-27/h5-12,14-17,23H,3-4,13,18-22H2,1-2H3. The number of unbranched alkanes of at least 4 members (excludes halogenated alkanes) is 1. The first-order valence-electron chi connectivity index (χ1n) is 12.9. The van der Waals surface area contributed by atoms with Crippen molar-refractivity contribution in [1.82, 2.24) is 14.7 Å². The average Bonchev–Trinajstić information content (AvgIpc) is 3.74. The fraction of sp³-hybridized carbons (Fsp3) is 0.379. The quantitative estimate of drug-likeness (QED) is 0.148. The predicted molar refractivity (Wildman–Crippen MR) is 162 cm³/mol. The maximum atomic E-state index is 13.9. The van der Waals surface area contributed by atoms with Gasteiger partial charge in [0.15, 0.2) is 0 Å². The van der Waals surface area contributed by atoms with E-state index in [4.69, 9.17) is 0 Å². The molecule has 38 heavy (non-hydrogen) atoms. The van der Waals surface area contributed by atoms with Crippen LogP contribution >= 0.6 is 45.3 Å². The van der Waals surface area contributed by atoms with Gasteiger partial charge in [0.25, 0.3) is 0 Å². The lowest BCUT2D eigenvalue weighted by atomic mass is 10.2. The molecule has 4 heterocycles. The van der Waals surface area contributed by atoms with E-state index in [9.17, 15) is 9.59 Å². The normalized spacial score (nSPS) is 12.1. The zero-order valence-corrected chi connectivity index (χ0v) is 25.2. The van der Waals surface area contributed by atoms with Gasteiger partial charge < -0.3 is 9.80 Å². The van der Waals surface area contributed by atoms with Crippen LogP contribution < -0.4 is 0 Å². The van der Waals surface area contributed by atoms with Gasteiger partial charge in [0.05, 0.1) is 38.8 Å². The van der Waals surface area contributed by atoms with Crippen molar-refractivity contribution in [2.75, 3.05) is 13.1 Å². The summed E-state index contributed by atoms with van der Waals surface area (Å²) in [5.74, 6) is 0.129. The molecule has 0 radical (unpaired) electrons. The van der Waals surface area contributed by atoms with Crippen molar-refractivity contribution >= 4 is 57.2 Å². The minimum Gasteiger partial charge on any atom is -0.331 e. The summed E-state index contributed by atoms with van der Waals surface area (Å²) >= 11 is 6.68.